The maximum absolute atomic E-state index is 9.31. The Hall–Kier alpha value is -1.09. The van der Waals surface area contributed by atoms with E-state index in [0.717, 1.165) is 18.5 Å². The third-order valence-corrected chi connectivity index (χ3v) is 2.85. The fraction of sp³-hybridized carbons (Fsp3) is 0.643. The number of aliphatic hydroxyl groups is 1. The first-order valence-electron chi connectivity index (χ1n) is 5.99. The molecule has 1 aromatic rings. The molecule has 0 saturated carbocycles. The minimum absolute atomic E-state index is 0.0690. The van der Waals surface area contributed by atoms with Gasteiger partial charge in [0.2, 0.25) is 0 Å². The second kappa shape index (κ2) is 5.05. The molecule has 2 N–H and O–H groups in total. The minimum atomic E-state index is -0.0690. The van der Waals surface area contributed by atoms with Crippen LogP contribution in [0.2, 0.25) is 0 Å². The van der Waals surface area contributed by atoms with Crippen LogP contribution in [-0.4, -0.2) is 21.8 Å². The molecule has 0 saturated heterocycles. The Morgan fingerprint density at radius 1 is 1.12 bits per heavy atom. The van der Waals surface area contributed by atoms with Gasteiger partial charge in [0, 0.05) is 12.3 Å². The van der Waals surface area contributed by atoms with Gasteiger partial charge in [-0.1, -0.05) is 27.7 Å². The van der Waals surface area contributed by atoms with Crippen molar-refractivity contribution in [2.45, 2.75) is 40.5 Å². The molecular weight excluding hydrogens is 214 g/mol. The predicted molar refractivity (Wildman–Crippen MR) is 68.9 cm³/mol. The van der Waals surface area contributed by atoms with E-state index in [1.54, 1.807) is 6.07 Å². The van der Waals surface area contributed by atoms with Crippen LogP contribution in [0, 0.1) is 10.8 Å². The molecule has 96 valence electrons. The van der Waals surface area contributed by atoms with Crippen LogP contribution in [-0.2, 0) is 6.42 Å². The lowest BCUT2D eigenvalue weighted by atomic mass is 9.73. The van der Waals surface area contributed by atoms with Gasteiger partial charge in [0.15, 0.2) is 0 Å². The number of rotatable bonds is 5. The van der Waals surface area contributed by atoms with Crippen molar-refractivity contribution in [2.24, 2.45) is 10.8 Å². The molecule has 0 aliphatic carbocycles. The highest BCUT2D eigenvalue weighted by atomic mass is 16.3. The first-order chi connectivity index (χ1) is 7.74. The minimum Gasteiger partial charge on any atom is -0.506 e. The van der Waals surface area contributed by atoms with Crippen LogP contribution in [0.5, 0.6) is 5.75 Å². The number of aromatic nitrogens is 1. The summed E-state index contributed by atoms with van der Waals surface area (Å²) in [4.78, 5) is 4.21. The number of aliphatic hydroxyl groups excluding tert-OH is 1. The zero-order valence-electron chi connectivity index (χ0n) is 11.2. The maximum atomic E-state index is 9.31. The largest absolute Gasteiger partial charge is 0.506 e. The van der Waals surface area contributed by atoms with Crippen LogP contribution >= 0.6 is 0 Å². The third kappa shape index (κ3) is 4.73. The molecule has 0 aromatic carbocycles. The average Bonchev–Trinajstić information content (AvgIpc) is 2.20. The van der Waals surface area contributed by atoms with Gasteiger partial charge in [-0.15, -0.1) is 0 Å². The Morgan fingerprint density at radius 2 is 1.76 bits per heavy atom. The summed E-state index contributed by atoms with van der Waals surface area (Å²) in [6.45, 7) is 8.69. The van der Waals surface area contributed by atoms with Crippen molar-refractivity contribution in [3.05, 3.63) is 24.0 Å². The molecule has 3 heteroatoms. The van der Waals surface area contributed by atoms with E-state index in [2.05, 4.69) is 32.7 Å². The Labute approximate surface area is 104 Å². The molecule has 0 amide bonds. The first kappa shape index (κ1) is 14.0. The van der Waals surface area contributed by atoms with Gasteiger partial charge in [-0.25, -0.2) is 0 Å². The lowest BCUT2D eigenvalue weighted by Gasteiger charge is -2.33. The van der Waals surface area contributed by atoms with E-state index in [0.29, 0.717) is 0 Å². The second-order valence-electron chi connectivity index (χ2n) is 6.35. The molecular formula is C14H23NO2. The zero-order chi connectivity index (χ0) is 13.1. The fourth-order valence-electron chi connectivity index (χ4n) is 2.43. The number of hydrogen-bond donors (Lipinski definition) is 2. The van der Waals surface area contributed by atoms with E-state index in [1.807, 2.05) is 6.07 Å². The van der Waals surface area contributed by atoms with E-state index in [1.165, 1.54) is 6.20 Å². The molecule has 0 aliphatic heterocycles. The van der Waals surface area contributed by atoms with Gasteiger partial charge in [-0.2, -0.15) is 0 Å². The Morgan fingerprint density at radius 3 is 2.24 bits per heavy atom. The van der Waals surface area contributed by atoms with Gasteiger partial charge in [-0.3, -0.25) is 4.98 Å². The van der Waals surface area contributed by atoms with E-state index >= 15 is 0 Å². The number of hydrogen-bond acceptors (Lipinski definition) is 3. The Balaban J connectivity index is 2.69. The van der Waals surface area contributed by atoms with Crippen LogP contribution in [0.4, 0.5) is 0 Å². The molecule has 0 unspecified atom stereocenters. The van der Waals surface area contributed by atoms with Crippen LogP contribution in [0.25, 0.3) is 0 Å². The quantitative estimate of drug-likeness (QED) is 0.828. The number of aromatic hydroxyl groups is 1. The summed E-state index contributed by atoms with van der Waals surface area (Å²) in [5, 5.41) is 18.5. The highest BCUT2D eigenvalue weighted by molar-refractivity contribution is 5.18. The summed E-state index contributed by atoms with van der Waals surface area (Å²) in [5.74, 6) is 0.197. The molecule has 1 rings (SSSR count). The molecule has 3 nitrogen and oxygen atoms in total. The summed E-state index contributed by atoms with van der Waals surface area (Å²) in [7, 11) is 0. The molecule has 0 radical (unpaired) electrons. The standard InChI is InChI=1S/C14H23NO2/c1-13(2,9-14(3,4)10-16)7-11-5-6-12(17)8-15-11/h5-6,8,16-17H,7,9-10H2,1-4H3. The predicted octanol–water partition coefficient (Wildman–Crippen LogP) is 2.76. The van der Waals surface area contributed by atoms with E-state index < -0.39 is 0 Å². The Bertz CT molecular complexity index is 355. The van der Waals surface area contributed by atoms with Gasteiger partial charge < -0.3 is 10.2 Å². The van der Waals surface area contributed by atoms with Crippen molar-refractivity contribution >= 4 is 0 Å². The number of pyridine rings is 1. The first-order valence-corrected chi connectivity index (χ1v) is 5.99. The maximum Gasteiger partial charge on any atom is 0.133 e. The highest BCUT2D eigenvalue weighted by Gasteiger charge is 2.28. The monoisotopic (exact) mass is 237 g/mol. The van der Waals surface area contributed by atoms with Crippen LogP contribution < -0.4 is 0 Å². The van der Waals surface area contributed by atoms with Crippen molar-refractivity contribution in [3.8, 4) is 5.75 Å². The molecule has 0 spiro atoms. The van der Waals surface area contributed by atoms with Gasteiger partial charge in [0.1, 0.15) is 5.75 Å². The smallest absolute Gasteiger partial charge is 0.133 e. The summed E-state index contributed by atoms with van der Waals surface area (Å²) >= 11 is 0. The van der Waals surface area contributed by atoms with Crippen LogP contribution in [0.15, 0.2) is 18.3 Å². The summed E-state index contributed by atoms with van der Waals surface area (Å²) < 4.78 is 0. The van der Waals surface area contributed by atoms with Gasteiger partial charge in [0.05, 0.1) is 6.20 Å². The van der Waals surface area contributed by atoms with E-state index in [9.17, 15) is 10.2 Å². The number of nitrogens with zero attached hydrogens (tertiary/aromatic N) is 1. The molecule has 0 fully saturated rings. The summed E-state index contributed by atoms with van der Waals surface area (Å²) in [6, 6.07) is 3.51. The van der Waals surface area contributed by atoms with Crippen molar-refractivity contribution in [3.63, 3.8) is 0 Å². The molecule has 0 atom stereocenters. The van der Waals surface area contributed by atoms with Crippen molar-refractivity contribution in [2.75, 3.05) is 6.61 Å². The molecule has 17 heavy (non-hydrogen) atoms. The lowest BCUT2D eigenvalue weighted by Crippen LogP contribution is -2.28. The third-order valence-electron chi connectivity index (χ3n) is 2.85. The van der Waals surface area contributed by atoms with Crippen molar-refractivity contribution in [1.29, 1.82) is 0 Å². The van der Waals surface area contributed by atoms with Crippen molar-refractivity contribution in [1.82, 2.24) is 4.98 Å². The average molecular weight is 237 g/mol. The van der Waals surface area contributed by atoms with E-state index in [-0.39, 0.29) is 23.2 Å². The second-order valence-corrected chi connectivity index (χ2v) is 6.35. The summed E-state index contributed by atoms with van der Waals surface area (Å²) in [5.41, 5.74) is 0.984. The molecule has 1 aromatic heterocycles. The fourth-order valence-corrected chi connectivity index (χ4v) is 2.43. The normalized spacial score (nSPS) is 12.8. The van der Waals surface area contributed by atoms with Gasteiger partial charge in [0.25, 0.3) is 0 Å². The van der Waals surface area contributed by atoms with Gasteiger partial charge in [-0.05, 0) is 35.8 Å². The van der Waals surface area contributed by atoms with Gasteiger partial charge >= 0.3 is 0 Å². The van der Waals surface area contributed by atoms with Crippen LogP contribution in [0.1, 0.15) is 39.8 Å². The topological polar surface area (TPSA) is 53.4 Å². The highest BCUT2D eigenvalue weighted by Crippen LogP contribution is 2.35. The molecule has 0 aliphatic rings. The SMILES string of the molecule is CC(C)(CO)CC(C)(C)Cc1ccc(O)cn1. The lowest BCUT2D eigenvalue weighted by molar-refractivity contribution is 0.102. The molecule has 1 heterocycles. The van der Waals surface area contributed by atoms with Crippen molar-refractivity contribution < 1.29 is 10.2 Å². The summed E-state index contributed by atoms with van der Waals surface area (Å²) in [6.07, 6.45) is 3.25. The molecule has 0 bridgehead atoms. The van der Waals surface area contributed by atoms with Crippen LogP contribution in [0.3, 0.4) is 0 Å². The zero-order valence-corrected chi connectivity index (χ0v) is 11.2. The Kier molecular flexibility index (Phi) is 4.15. The van der Waals surface area contributed by atoms with E-state index in [4.69, 9.17) is 0 Å².